The Balaban J connectivity index is 1.85. The summed E-state index contributed by atoms with van der Waals surface area (Å²) in [5.41, 5.74) is -0.601. The quantitative estimate of drug-likeness (QED) is 0.494. The molecule has 1 aliphatic rings. The average Bonchev–Trinajstić information content (AvgIpc) is 3.09. The summed E-state index contributed by atoms with van der Waals surface area (Å²) >= 11 is 6.59. The van der Waals surface area contributed by atoms with Gasteiger partial charge in [-0.2, -0.15) is 0 Å². The zero-order valence-corrected chi connectivity index (χ0v) is 19.6. The highest BCUT2D eigenvalue weighted by Crippen LogP contribution is 2.45. The van der Waals surface area contributed by atoms with Crippen molar-refractivity contribution >= 4 is 17.6 Å². The third-order valence-electron chi connectivity index (χ3n) is 5.66. The van der Waals surface area contributed by atoms with Gasteiger partial charge in [0.1, 0.15) is 28.6 Å². The molecule has 1 atom stereocenters. The SMILES string of the molecule is CCOC(=O)c1cn2c(c(F)c1=O)-c1c(Cl)c(OCc3ccccc3)nn1C[C@H]2C(C)(C)C. The number of hydrogen-bond donors (Lipinski definition) is 0. The van der Waals surface area contributed by atoms with E-state index in [1.165, 1.54) is 6.20 Å². The number of carbonyl (C=O) groups is 1. The van der Waals surface area contributed by atoms with Crippen LogP contribution in [-0.4, -0.2) is 26.9 Å². The summed E-state index contributed by atoms with van der Waals surface area (Å²) in [7, 11) is 0. The molecule has 0 bridgehead atoms. The van der Waals surface area contributed by atoms with E-state index in [4.69, 9.17) is 21.1 Å². The van der Waals surface area contributed by atoms with Gasteiger partial charge in [-0.1, -0.05) is 62.7 Å². The van der Waals surface area contributed by atoms with Crippen molar-refractivity contribution in [3.8, 4) is 17.3 Å². The maximum atomic E-state index is 15.5. The fraction of sp³-hybridized carbons (Fsp3) is 0.375. The molecule has 3 aromatic rings. The Morgan fingerprint density at radius 3 is 2.58 bits per heavy atom. The zero-order valence-electron chi connectivity index (χ0n) is 18.9. The molecule has 2 aromatic heterocycles. The molecule has 0 fully saturated rings. The van der Waals surface area contributed by atoms with E-state index >= 15 is 4.39 Å². The topological polar surface area (TPSA) is 75.3 Å². The first-order valence-electron chi connectivity index (χ1n) is 10.7. The lowest BCUT2D eigenvalue weighted by Gasteiger charge is -2.38. The monoisotopic (exact) mass is 473 g/mol. The number of benzene rings is 1. The van der Waals surface area contributed by atoms with Crippen LogP contribution in [0.15, 0.2) is 41.3 Å². The maximum absolute atomic E-state index is 15.5. The molecule has 0 spiro atoms. The number of halogens is 2. The normalized spacial score (nSPS) is 15.0. The first-order valence-corrected chi connectivity index (χ1v) is 11.1. The minimum atomic E-state index is -1.08. The number of ether oxygens (including phenoxy) is 2. The fourth-order valence-electron chi connectivity index (χ4n) is 3.97. The van der Waals surface area contributed by atoms with Gasteiger partial charge in [0.2, 0.25) is 5.43 Å². The van der Waals surface area contributed by atoms with Crippen LogP contribution in [0.3, 0.4) is 0 Å². The van der Waals surface area contributed by atoms with E-state index in [9.17, 15) is 9.59 Å². The van der Waals surface area contributed by atoms with Gasteiger partial charge in [-0.3, -0.25) is 9.48 Å². The van der Waals surface area contributed by atoms with E-state index in [1.54, 1.807) is 16.2 Å². The lowest BCUT2D eigenvalue weighted by molar-refractivity contribution is 0.0521. The predicted molar refractivity (Wildman–Crippen MR) is 122 cm³/mol. The van der Waals surface area contributed by atoms with Crippen molar-refractivity contribution in [2.45, 2.75) is 46.9 Å². The molecule has 33 heavy (non-hydrogen) atoms. The van der Waals surface area contributed by atoms with Crippen molar-refractivity contribution in [1.29, 1.82) is 0 Å². The van der Waals surface area contributed by atoms with Gasteiger partial charge in [0, 0.05) is 6.20 Å². The standard InChI is InChI=1S/C24H25ClFN3O4/c1-5-32-23(31)15-11-28-16(24(2,3)4)12-29-19(20(28)18(26)21(15)30)17(25)22(27-29)33-13-14-9-7-6-8-10-14/h6-11,16H,5,12-13H2,1-4H3/t16-/m0/s1. The lowest BCUT2D eigenvalue weighted by atomic mass is 9.85. The Bertz CT molecular complexity index is 1260. The van der Waals surface area contributed by atoms with Gasteiger partial charge < -0.3 is 14.0 Å². The molecule has 0 amide bonds. The second-order valence-electron chi connectivity index (χ2n) is 8.97. The number of aromatic nitrogens is 3. The second kappa shape index (κ2) is 8.67. The molecule has 1 aromatic carbocycles. The molecular weight excluding hydrogens is 449 g/mol. The van der Waals surface area contributed by atoms with Crippen LogP contribution in [0.25, 0.3) is 11.4 Å². The molecular formula is C24H25ClFN3O4. The highest BCUT2D eigenvalue weighted by Gasteiger charge is 2.39. The van der Waals surface area contributed by atoms with Gasteiger partial charge >= 0.3 is 5.97 Å². The molecule has 3 heterocycles. The van der Waals surface area contributed by atoms with Crippen molar-refractivity contribution in [2.24, 2.45) is 5.41 Å². The van der Waals surface area contributed by atoms with E-state index in [2.05, 4.69) is 5.10 Å². The molecule has 1 aliphatic heterocycles. The molecule has 0 unspecified atom stereocenters. The van der Waals surface area contributed by atoms with Crippen LogP contribution >= 0.6 is 11.6 Å². The van der Waals surface area contributed by atoms with Gasteiger partial charge in [0.05, 0.1) is 19.2 Å². The zero-order chi connectivity index (χ0) is 23.9. The minimum Gasteiger partial charge on any atom is -0.471 e. The summed E-state index contributed by atoms with van der Waals surface area (Å²) in [6, 6.07) is 9.19. The van der Waals surface area contributed by atoms with Crippen LogP contribution in [0.2, 0.25) is 5.02 Å². The average molecular weight is 474 g/mol. The molecule has 9 heteroatoms. The summed E-state index contributed by atoms with van der Waals surface area (Å²) in [6.07, 6.45) is 1.37. The summed E-state index contributed by atoms with van der Waals surface area (Å²) in [4.78, 5) is 25.1. The van der Waals surface area contributed by atoms with E-state index in [1.807, 2.05) is 51.1 Å². The summed E-state index contributed by atoms with van der Waals surface area (Å²) < 4.78 is 29.5. The van der Waals surface area contributed by atoms with Gasteiger partial charge in [0.25, 0.3) is 5.88 Å². The summed E-state index contributed by atoms with van der Waals surface area (Å²) in [6.45, 7) is 8.25. The van der Waals surface area contributed by atoms with Crippen LogP contribution in [0.5, 0.6) is 5.88 Å². The number of hydrogen-bond acceptors (Lipinski definition) is 5. The lowest BCUT2D eigenvalue weighted by Crippen LogP contribution is -2.37. The largest absolute Gasteiger partial charge is 0.471 e. The van der Waals surface area contributed by atoms with E-state index in [-0.39, 0.29) is 52.5 Å². The van der Waals surface area contributed by atoms with Gasteiger partial charge in [-0.15, -0.1) is 5.10 Å². The first-order chi connectivity index (χ1) is 15.6. The molecule has 0 N–H and O–H groups in total. The van der Waals surface area contributed by atoms with Crippen molar-refractivity contribution < 1.29 is 18.7 Å². The Labute approximate surface area is 195 Å². The van der Waals surface area contributed by atoms with Crippen LogP contribution < -0.4 is 10.2 Å². The Hall–Kier alpha value is -3.13. The maximum Gasteiger partial charge on any atom is 0.343 e. The number of pyridine rings is 1. The molecule has 174 valence electrons. The van der Waals surface area contributed by atoms with E-state index < -0.39 is 17.2 Å². The van der Waals surface area contributed by atoms with Crippen molar-refractivity contribution in [1.82, 2.24) is 14.3 Å². The molecule has 7 nitrogen and oxygen atoms in total. The third kappa shape index (κ3) is 4.15. The predicted octanol–water partition coefficient (Wildman–Crippen LogP) is 4.86. The smallest absolute Gasteiger partial charge is 0.343 e. The number of nitrogens with zero attached hydrogens (tertiary/aromatic N) is 3. The first kappa shape index (κ1) is 23.0. The fourth-order valence-corrected chi connectivity index (χ4v) is 4.24. The molecule has 4 rings (SSSR count). The molecule has 0 saturated heterocycles. The third-order valence-corrected chi connectivity index (χ3v) is 6.00. The Kier molecular flexibility index (Phi) is 6.05. The van der Waals surface area contributed by atoms with Gasteiger partial charge in [-0.05, 0) is 17.9 Å². The molecule has 0 aliphatic carbocycles. The van der Waals surface area contributed by atoms with Crippen LogP contribution in [0, 0.1) is 11.2 Å². The highest BCUT2D eigenvalue weighted by atomic mass is 35.5. The van der Waals surface area contributed by atoms with Crippen LogP contribution in [0.4, 0.5) is 4.39 Å². The van der Waals surface area contributed by atoms with E-state index in [0.717, 1.165) is 5.56 Å². The molecule has 0 saturated carbocycles. The second-order valence-corrected chi connectivity index (χ2v) is 9.35. The Morgan fingerprint density at radius 2 is 1.94 bits per heavy atom. The van der Waals surface area contributed by atoms with Gasteiger partial charge in [-0.25, -0.2) is 9.18 Å². The number of esters is 1. The van der Waals surface area contributed by atoms with Crippen molar-refractivity contribution in [2.75, 3.05) is 6.61 Å². The van der Waals surface area contributed by atoms with E-state index in [0.29, 0.717) is 6.54 Å². The summed E-state index contributed by atoms with van der Waals surface area (Å²) in [5, 5.41) is 4.58. The van der Waals surface area contributed by atoms with Crippen molar-refractivity contribution in [3.63, 3.8) is 0 Å². The molecule has 0 radical (unpaired) electrons. The minimum absolute atomic E-state index is 0.0220. The Morgan fingerprint density at radius 1 is 1.24 bits per heavy atom. The van der Waals surface area contributed by atoms with Crippen LogP contribution in [-0.2, 0) is 17.9 Å². The number of rotatable bonds is 5. The highest BCUT2D eigenvalue weighted by molar-refractivity contribution is 6.34. The van der Waals surface area contributed by atoms with Crippen molar-refractivity contribution in [3.05, 3.63) is 68.7 Å². The summed E-state index contributed by atoms with van der Waals surface area (Å²) in [5.74, 6) is -1.79. The van der Waals surface area contributed by atoms with Crippen LogP contribution in [0.1, 0.15) is 49.7 Å². The van der Waals surface area contributed by atoms with Gasteiger partial charge in [0.15, 0.2) is 5.82 Å². The number of carbonyl (C=O) groups excluding carboxylic acids is 1. The number of fused-ring (bicyclic) bond motifs is 3.